The zero-order chi connectivity index (χ0) is 11.5. The molecule has 0 unspecified atom stereocenters. The van der Waals surface area contributed by atoms with Gasteiger partial charge in [0.1, 0.15) is 5.82 Å². The number of thiazole rings is 1. The summed E-state index contributed by atoms with van der Waals surface area (Å²) in [7, 11) is 0. The van der Waals surface area contributed by atoms with Crippen molar-refractivity contribution >= 4 is 28.6 Å². The van der Waals surface area contributed by atoms with Gasteiger partial charge in [-0.1, -0.05) is 0 Å². The number of hydrogen-bond acceptors (Lipinski definition) is 4. The minimum atomic E-state index is 0.405. The van der Waals surface area contributed by atoms with Crippen LogP contribution in [-0.2, 0) is 0 Å². The van der Waals surface area contributed by atoms with Crippen molar-refractivity contribution in [2.45, 2.75) is 19.9 Å². The Morgan fingerprint density at radius 3 is 2.88 bits per heavy atom. The molecule has 2 N–H and O–H groups in total. The zero-order valence-corrected chi connectivity index (χ0v) is 10.1. The molecule has 4 nitrogen and oxygen atoms in total. The van der Waals surface area contributed by atoms with E-state index < -0.39 is 0 Å². The summed E-state index contributed by atoms with van der Waals surface area (Å²) in [5.74, 6) is 0.932. The fourth-order valence-corrected chi connectivity index (χ4v) is 1.96. The van der Waals surface area contributed by atoms with E-state index in [1.54, 1.807) is 6.20 Å². The highest BCUT2D eigenvalue weighted by molar-refractivity contribution is 7.13. The van der Waals surface area contributed by atoms with Crippen LogP contribution in [0.3, 0.4) is 0 Å². The van der Waals surface area contributed by atoms with E-state index in [1.807, 2.05) is 23.7 Å². The van der Waals surface area contributed by atoms with Crippen LogP contribution in [0.2, 0.25) is 0 Å². The van der Waals surface area contributed by atoms with E-state index in [4.69, 9.17) is 5.73 Å². The molecule has 0 aliphatic rings. The van der Waals surface area contributed by atoms with Gasteiger partial charge in [-0.05, 0) is 26.0 Å². The second-order valence-corrected chi connectivity index (χ2v) is 4.62. The standard InChI is InChI=1S/C11H14N4S/c1-8(2)15-6-5-13-10(15)4-3-9-7-16-11(12)14-9/h3-8H,1-2H3,(H2,12,14). The van der Waals surface area contributed by atoms with E-state index in [0.29, 0.717) is 11.2 Å². The molecule has 0 aromatic carbocycles. The van der Waals surface area contributed by atoms with E-state index in [0.717, 1.165) is 11.5 Å². The SMILES string of the molecule is CC(C)n1ccnc1C=Cc1csc(N)n1. The van der Waals surface area contributed by atoms with Crippen molar-refractivity contribution in [2.24, 2.45) is 0 Å². The van der Waals surface area contributed by atoms with Crippen LogP contribution in [0.15, 0.2) is 17.8 Å². The van der Waals surface area contributed by atoms with Crippen LogP contribution >= 0.6 is 11.3 Å². The maximum Gasteiger partial charge on any atom is 0.180 e. The monoisotopic (exact) mass is 234 g/mol. The molecular formula is C11H14N4S. The molecule has 0 amide bonds. The number of rotatable bonds is 3. The van der Waals surface area contributed by atoms with Crippen molar-refractivity contribution in [3.63, 3.8) is 0 Å². The van der Waals surface area contributed by atoms with Crippen LogP contribution < -0.4 is 5.73 Å². The molecule has 0 radical (unpaired) electrons. The molecule has 0 aliphatic heterocycles. The van der Waals surface area contributed by atoms with Crippen LogP contribution in [0, 0.1) is 0 Å². The summed E-state index contributed by atoms with van der Waals surface area (Å²) >= 11 is 1.44. The number of imidazole rings is 1. The van der Waals surface area contributed by atoms with Crippen LogP contribution in [0.4, 0.5) is 5.13 Å². The summed E-state index contributed by atoms with van der Waals surface area (Å²) in [6, 6.07) is 0.405. The molecule has 0 spiro atoms. The number of nitrogen functional groups attached to an aromatic ring is 1. The second-order valence-electron chi connectivity index (χ2n) is 3.73. The lowest BCUT2D eigenvalue weighted by atomic mass is 10.3. The van der Waals surface area contributed by atoms with E-state index in [1.165, 1.54) is 11.3 Å². The molecule has 2 rings (SSSR count). The normalized spacial score (nSPS) is 11.7. The first kappa shape index (κ1) is 10.9. The van der Waals surface area contributed by atoms with Crippen LogP contribution in [-0.4, -0.2) is 14.5 Å². The Kier molecular flexibility index (Phi) is 3.05. The quantitative estimate of drug-likeness (QED) is 0.888. The average Bonchev–Trinajstić information content (AvgIpc) is 2.83. The van der Waals surface area contributed by atoms with Gasteiger partial charge in [-0.3, -0.25) is 0 Å². The molecule has 0 saturated carbocycles. The molecule has 2 aromatic heterocycles. The zero-order valence-electron chi connectivity index (χ0n) is 9.29. The molecule has 16 heavy (non-hydrogen) atoms. The lowest BCUT2D eigenvalue weighted by Crippen LogP contribution is -2.01. The number of nitrogens with zero attached hydrogens (tertiary/aromatic N) is 3. The summed E-state index contributed by atoms with van der Waals surface area (Å²) < 4.78 is 2.10. The van der Waals surface area contributed by atoms with Gasteiger partial charge in [0.15, 0.2) is 5.13 Å². The Labute approximate surface area is 98.5 Å². The summed E-state index contributed by atoms with van der Waals surface area (Å²) in [5, 5.41) is 2.51. The molecule has 84 valence electrons. The van der Waals surface area contributed by atoms with Crippen molar-refractivity contribution in [1.82, 2.24) is 14.5 Å². The van der Waals surface area contributed by atoms with Gasteiger partial charge in [0, 0.05) is 23.8 Å². The Balaban J connectivity index is 2.20. The Bertz CT molecular complexity index is 496. The van der Waals surface area contributed by atoms with Crippen molar-refractivity contribution in [3.05, 3.63) is 29.3 Å². The van der Waals surface area contributed by atoms with Gasteiger partial charge in [0.05, 0.1) is 5.69 Å². The predicted octanol–water partition coefficient (Wildman–Crippen LogP) is 2.67. The molecular weight excluding hydrogens is 220 g/mol. The van der Waals surface area contributed by atoms with Crippen molar-refractivity contribution < 1.29 is 0 Å². The smallest absolute Gasteiger partial charge is 0.180 e. The van der Waals surface area contributed by atoms with Gasteiger partial charge in [-0.25, -0.2) is 9.97 Å². The van der Waals surface area contributed by atoms with Crippen LogP contribution in [0.5, 0.6) is 0 Å². The first-order valence-electron chi connectivity index (χ1n) is 5.08. The first-order valence-corrected chi connectivity index (χ1v) is 5.96. The summed E-state index contributed by atoms with van der Waals surface area (Å²) in [6.07, 6.45) is 7.65. The largest absolute Gasteiger partial charge is 0.375 e. The second kappa shape index (κ2) is 4.49. The number of anilines is 1. The van der Waals surface area contributed by atoms with E-state index in [-0.39, 0.29) is 0 Å². The van der Waals surface area contributed by atoms with E-state index >= 15 is 0 Å². The third-order valence-corrected chi connectivity index (χ3v) is 2.89. The van der Waals surface area contributed by atoms with Crippen LogP contribution in [0.1, 0.15) is 31.4 Å². The van der Waals surface area contributed by atoms with Gasteiger partial charge in [0.25, 0.3) is 0 Å². The first-order chi connectivity index (χ1) is 7.66. The van der Waals surface area contributed by atoms with Crippen molar-refractivity contribution in [2.75, 3.05) is 5.73 Å². The molecule has 0 aliphatic carbocycles. The summed E-state index contributed by atoms with van der Waals surface area (Å²) in [4.78, 5) is 8.44. The third-order valence-electron chi connectivity index (χ3n) is 2.20. The maximum absolute atomic E-state index is 5.56. The average molecular weight is 234 g/mol. The highest BCUT2D eigenvalue weighted by atomic mass is 32.1. The minimum Gasteiger partial charge on any atom is -0.375 e. The minimum absolute atomic E-state index is 0.405. The molecule has 2 heterocycles. The van der Waals surface area contributed by atoms with E-state index in [9.17, 15) is 0 Å². The Hall–Kier alpha value is -1.62. The summed E-state index contributed by atoms with van der Waals surface area (Å²) in [6.45, 7) is 4.25. The van der Waals surface area contributed by atoms with Gasteiger partial charge in [0.2, 0.25) is 0 Å². The topological polar surface area (TPSA) is 56.7 Å². The van der Waals surface area contributed by atoms with Gasteiger partial charge >= 0.3 is 0 Å². The highest BCUT2D eigenvalue weighted by Crippen LogP contribution is 2.15. The Morgan fingerprint density at radius 2 is 2.25 bits per heavy atom. The van der Waals surface area contributed by atoms with Gasteiger partial charge in [-0.2, -0.15) is 0 Å². The number of aromatic nitrogens is 3. The van der Waals surface area contributed by atoms with Crippen LogP contribution in [0.25, 0.3) is 12.2 Å². The molecule has 0 atom stereocenters. The molecule has 0 bridgehead atoms. The number of hydrogen-bond donors (Lipinski definition) is 1. The third kappa shape index (κ3) is 2.30. The lowest BCUT2D eigenvalue weighted by Gasteiger charge is -2.08. The number of nitrogens with two attached hydrogens (primary N) is 1. The molecule has 2 aromatic rings. The highest BCUT2D eigenvalue weighted by Gasteiger charge is 2.02. The van der Waals surface area contributed by atoms with E-state index in [2.05, 4.69) is 28.4 Å². The molecule has 0 fully saturated rings. The maximum atomic E-state index is 5.56. The van der Waals surface area contributed by atoms with Crippen molar-refractivity contribution in [3.8, 4) is 0 Å². The Morgan fingerprint density at radius 1 is 1.44 bits per heavy atom. The summed E-state index contributed by atoms with van der Waals surface area (Å²) in [5.41, 5.74) is 6.43. The van der Waals surface area contributed by atoms with Gasteiger partial charge < -0.3 is 10.3 Å². The molecule has 5 heteroatoms. The fourth-order valence-electron chi connectivity index (χ4n) is 1.43. The lowest BCUT2D eigenvalue weighted by molar-refractivity contribution is 0.595. The fraction of sp³-hybridized carbons (Fsp3) is 0.273. The van der Waals surface area contributed by atoms with Gasteiger partial charge in [-0.15, -0.1) is 11.3 Å². The predicted molar refractivity (Wildman–Crippen MR) is 68.1 cm³/mol. The van der Waals surface area contributed by atoms with Crippen molar-refractivity contribution in [1.29, 1.82) is 0 Å². The molecule has 0 saturated heterocycles.